The third-order valence-corrected chi connectivity index (χ3v) is 2.49. The van der Waals surface area contributed by atoms with Crippen LogP contribution in [-0.4, -0.2) is 11.6 Å². The van der Waals surface area contributed by atoms with Crippen molar-refractivity contribution in [2.24, 2.45) is 0 Å². The zero-order chi connectivity index (χ0) is 12.4. The zero-order valence-corrected chi connectivity index (χ0v) is 9.49. The number of aryl methyl sites for hydroxylation is 1. The van der Waals surface area contributed by atoms with E-state index in [0.717, 1.165) is 0 Å². The van der Waals surface area contributed by atoms with Crippen LogP contribution in [0.4, 0.5) is 4.39 Å². The van der Waals surface area contributed by atoms with Crippen LogP contribution in [-0.2, 0) is 4.79 Å². The molecule has 1 aromatic carbocycles. The van der Waals surface area contributed by atoms with Crippen molar-refractivity contribution in [1.29, 1.82) is 0 Å². The minimum Gasteiger partial charge on any atom is -0.423 e. The fourth-order valence-corrected chi connectivity index (χ4v) is 1.69. The molecule has 0 fully saturated rings. The van der Waals surface area contributed by atoms with E-state index in [-0.39, 0.29) is 34.3 Å². The topological polar surface area (TPSA) is 52.3 Å². The lowest BCUT2D eigenvalue weighted by molar-refractivity contribution is -0.120. The molecular weight excluding hydrogens is 249 g/mol. The number of carbonyl (C=O) groups excluding carboxylic acids is 1. The second kappa shape index (κ2) is 4.55. The lowest BCUT2D eigenvalue weighted by Gasteiger charge is -2.03. The zero-order valence-electron chi connectivity index (χ0n) is 8.74. The van der Waals surface area contributed by atoms with Gasteiger partial charge in [-0.05, 0) is 12.1 Å². The van der Waals surface area contributed by atoms with Gasteiger partial charge in [-0.15, -0.1) is 0 Å². The van der Waals surface area contributed by atoms with Crippen LogP contribution in [0.1, 0.15) is 5.76 Å². The van der Waals surface area contributed by atoms with Crippen molar-refractivity contribution in [1.82, 2.24) is 5.16 Å². The largest absolute Gasteiger partial charge is 0.423 e. The Bertz CT molecular complexity index is 548. The van der Waals surface area contributed by atoms with Crippen LogP contribution in [0.2, 0.25) is 5.02 Å². The van der Waals surface area contributed by atoms with Crippen molar-refractivity contribution < 1.29 is 18.4 Å². The van der Waals surface area contributed by atoms with Gasteiger partial charge in [0.2, 0.25) is 5.75 Å². The Balaban J connectivity index is 2.64. The number of halogens is 2. The second-order valence-electron chi connectivity index (χ2n) is 3.23. The standard InChI is InChI=1S/C11H7ClFNO3/c1-6-11(16-5-15)10(14-17-6)9-7(12)3-2-4-8(9)13/h2-5H,1H3. The van der Waals surface area contributed by atoms with Crippen molar-refractivity contribution >= 4 is 18.1 Å². The van der Waals surface area contributed by atoms with Crippen LogP contribution < -0.4 is 4.74 Å². The molecule has 17 heavy (non-hydrogen) atoms. The Morgan fingerprint density at radius 2 is 2.29 bits per heavy atom. The molecule has 4 nitrogen and oxygen atoms in total. The Labute approximate surface area is 101 Å². The number of rotatable bonds is 3. The SMILES string of the molecule is Cc1onc(-c2c(F)cccc2Cl)c1OC=O. The minimum absolute atomic E-state index is 0.0443. The summed E-state index contributed by atoms with van der Waals surface area (Å²) >= 11 is 5.88. The van der Waals surface area contributed by atoms with E-state index in [1.165, 1.54) is 18.2 Å². The molecule has 0 spiro atoms. The smallest absolute Gasteiger partial charge is 0.298 e. The first-order valence-electron chi connectivity index (χ1n) is 4.66. The number of ether oxygens (including phenoxy) is 1. The van der Waals surface area contributed by atoms with E-state index < -0.39 is 5.82 Å². The summed E-state index contributed by atoms with van der Waals surface area (Å²) in [5, 5.41) is 3.80. The molecule has 0 N–H and O–H groups in total. The van der Waals surface area contributed by atoms with Gasteiger partial charge in [-0.2, -0.15) is 0 Å². The van der Waals surface area contributed by atoms with Gasteiger partial charge >= 0.3 is 0 Å². The molecule has 6 heteroatoms. The van der Waals surface area contributed by atoms with Gasteiger partial charge in [0, 0.05) is 6.92 Å². The summed E-state index contributed by atoms with van der Waals surface area (Å²) in [6, 6.07) is 4.21. The first-order valence-corrected chi connectivity index (χ1v) is 5.04. The molecule has 0 saturated carbocycles. The molecule has 1 aromatic heterocycles. The third-order valence-electron chi connectivity index (χ3n) is 2.17. The normalized spacial score (nSPS) is 10.3. The molecule has 1 heterocycles. The monoisotopic (exact) mass is 255 g/mol. The fourth-order valence-electron chi connectivity index (χ4n) is 1.43. The van der Waals surface area contributed by atoms with Gasteiger partial charge in [0.25, 0.3) is 6.47 Å². The number of nitrogens with zero attached hydrogens (tertiary/aromatic N) is 1. The summed E-state index contributed by atoms with van der Waals surface area (Å²) in [5.41, 5.74) is 0.112. The van der Waals surface area contributed by atoms with Crippen LogP contribution in [0.25, 0.3) is 11.3 Å². The molecule has 0 bridgehead atoms. The van der Waals surface area contributed by atoms with E-state index in [0.29, 0.717) is 0 Å². The summed E-state index contributed by atoms with van der Waals surface area (Å²) in [6.07, 6.45) is 0. The number of hydrogen-bond acceptors (Lipinski definition) is 4. The van der Waals surface area contributed by atoms with Crippen LogP contribution in [0, 0.1) is 12.7 Å². The average Bonchev–Trinajstić information content (AvgIpc) is 2.62. The van der Waals surface area contributed by atoms with Crippen LogP contribution in [0.5, 0.6) is 5.75 Å². The summed E-state index contributed by atoms with van der Waals surface area (Å²) in [4.78, 5) is 10.4. The van der Waals surface area contributed by atoms with Gasteiger partial charge in [-0.25, -0.2) is 4.39 Å². The predicted molar refractivity (Wildman–Crippen MR) is 58.3 cm³/mol. The Hall–Kier alpha value is -1.88. The van der Waals surface area contributed by atoms with E-state index in [2.05, 4.69) is 5.16 Å². The highest BCUT2D eigenvalue weighted by Crippen LogP contribution is 2.37. The summed E-state index contributed by atoms with van der Waals surface area (Å²) in [6.45, 7) is 1.77. The summed E-state index contributed by atoms with van der Waals surface area (Å²) in [7, 11) is 0. The summed E-state index contributed by atoms with van der Waals surface area (Å²) in [5.74, 6) is -0.236. The molecule has 0 atom stereocenters. The van der Waals surface area contributed by atoms with E-state index in [1.807, 2.05) is 0 Å². The van der Waals surface area contributed by atoms with Gasteiger partial charge in [-0.1, -0.05) is 22.8 Å². The number of benzene rings is 1. The first kappa shape index (κ1) is 11.6. The maximum Gasteiger partial charge on any atom is 0.298 e. The molecule has 0 amide bonds. The molecular formula is C11H7ClFNO3. The Morgan fingerprint density at radius 1 is 1.53 bits per heavy atom. The molecule has 0 saturated heterocycles. The van der Waals surface area contributed by atoms with Crippen molar-refractivity contribution in [3.63, 3.8) is 0 Å². The molecule has 88 valence electrons. The highest BCUT2D eigenvalue weighted by atomic mass is 35.5. The molecule has 0 radical (unpaired) electrons. The quantitative estimate of drug-likeness (QED) is 0.791. The lowest BCUT2D eigenvalue weighted by atomic mass is 10.1. The van der Waals surface area contributed by atoms with Crippen molar-refractivity contribution in [3.05, 3.63) is 34.8 Å². The van der Waals surface area contributed by atoms with Crippen LogP contribution >= 0.6 is 11.6 Å². The second-order valence-corrected chi connectivity index (χ2v) is 3.63. The van der Waals surface area contributed by atoms with Crippen LogP contribution in [0.3, 0.4) is 0 Å². The van der Waals surface area contributed by atoms with Crippen LogP contribution in [0.15, 0.2) is 22.7 Å². The lowest BCUT2D eigenvalue weighted by Crippen LogP contribution is -1.93. The van der Waals surface area contributed by atoms with E-state index in [9.17, 15) is 9.18 Å². The van der Waals surface area contributed by atoms with E-state index in [1.54, 1.807) is 6.92 Å². The molecule has 0 aliphatic heterocycles. The van der Waals surface area contributed by atoms with Gasteiger partial charge in [0.15, 0.2) is 11.5 Å². The van der Waals surface area contributed by atoms with Crippen molar-refractivity contribution in [3.8, 4) is 17.0 Å². The molecule has 0 aliphatic carbocycles. The highest BCUT2D eigenvalue weighted by molar-refractivity contribution is 6.33. The summed E-state index contributed by atoms with van der Waals surface area (Å²) < 4.78 is 23.2. The molecule has 0 unspecified atom stereocenters. The number of aromatic nitrogens is 1. The number of hydrogen-bond donors (Lipinski definition) is 0. The highest BCUT2D eigenvalue weighted by Gasteiger charge is 2.21. The van der Waals surface area contributed by atoms with Gasteiger partial charge in [0.1, 0.15) is 5.82 Å². The minimum atomic E-state index is -0.568. The van der Waals surface area contributed by atoms with E-state index >= 15 is 0 Å². The Morgan fingerprint density at radius 3 is 2.94 bits per heavy atom. The fraction of sp³-hybridized carbons (Fsp3) is 0.0909. The maximum absolute atomic E-state index is 13.7. The molecule has 2 aromatic rings. The van der Waals surface area contributed by atoms with Gasteiger partial charge in [-0.3, -0.25) is 4.79 Å². The van der Waals surface area contributed by atoms with Gasteiger partial charge in [0.05, 0.1) is 10.6 Å². The number of carbonyl (C=O) groups is 1. The maximum atomic E-state index is 13.7. The third kappa shape index (κ3) is 2.01. The Kier molecular flexibility index (Phi) is 3.10. The average molecular weight is 256 g/mol. The first-order chi connectivity index (χ1) is 8.15. The molecule has 0 aliphatic rings. The predicted octanol–water partition coefficient (Wildman–Crippen LogP) is 2.98. The van der Waals surface area contributed by atoms with Gasteiger partial charge < -0.3 is 9.26 Å². The molecule has 2 rings (SSSR count). The van der Waals surface area contributed by atoms with Crippen molar-refractivity contribution in [2.45, 2.75) is 6.92 Å². The van der Waals surface area contributed by atoms with E-state index in [4.69, 9.17) is 20.9 Å². The van der Waals surface area contributed by atoms with Crippen molar-refractivity contribution in [2.75, 3.05) is 0 Å².